The second kappa shape index (κ2) is 13.3. The number of aliphatic imine (C=N–C) groups is 6. The van der Waals surface area contributed by atoms with E-state index in [0.717, 1.165) is 36.4 Å². The Bertz CT molecular complexity index is 1280. The van der Waals surface area contributed by atoms with E-state index in [1.807, 2.05) is 21.1 Å². The molecule has 252 valence electrons. The molecule has 3 fully saturated rings. The number of hydrogen-bond acceptors (Lipinski definition) is 6. The summed E-state index contributed by atoms with van der Waals surface area (Å²) in [6, 6.07) is 0. The van der Waals surface area contributed by atoms with E-state index in [0.29, 0.717) is 16.2 Å². The van der Waals surface area contributed by atoms with E-state index in [4.69, 9.17) is 15.0 Å². The quantitative estimate of drug-likeness (QED) is 0.282. The Morgan fingerprint density at radius 2 is 0.956 bits per heavy atom. The van der Waals surface area contributed by atoms with Crippen LogP contribution in [0.4, 0.5) is 0 Å². The van der Waals surface area contributed by atoms with Crippen molar-refractivity contribution in [1.29, 1.82) is 0 Å². The molecule has 6 heteroatoms. The van der Waals surface area contributed by atoms with Gasteiger partial charge in [-0.1, -0.05) is 59.3 Å². The first-order valence-electron chi connectivity index (χ1n) is 18.1. The van der Waals surface area contributed by atoms with Crippen molar-refractivity contribution in [3.8, 4) is 0 Å². The van der Waals surface area contributed by atoms with Gasteiger partial charge in [-0.05, 0) is 110 Å². The van der Waals surface area contributed by atoms with Gasteiger partial charge in [0, 0.05) is 26.6 Å². The van der Waals surface area contributed by atoms with E-state index >= 15 is 0 Å². The second-order valence-corrected chi connectivity index (χ2v) is 16.8. The minimum absolute atomic E-state index is 0.130. The summed E-state index contributed by atoms with van der Waals surface area (Å²) in [5.74, 6) is 0. The van der Waals surface area contributed by atoms with Crippen LogP contribution in [0, 0.1) is 16.2 Å². The Hall–Kier alpha value is -1.98. The summed E-state index contributed by atoms with van der Waals surface area (Å²) in [4.78, 5) is 27.7. The zero-order valence-electron chi connectivity index (χ0n) is 31.3. The molecular formula is C39H66N6. The molecule has 3 heterocycles. The molecule has 45 heavy (non-hydrogen) atoms. The lowest BCUT2D eigenvalue weighted by molar-refractivity contribution is 0.122. The SMILES string of the molecule is CN=C(C)C1=NC(C)(C)C2(CCCC2)C1.CN=C(C)C1=NC2(C)CCCCC2(C)C1.CN=C(C)C1=NC2(CCCC2)C(C)(C)C1. The minimum Gasteiger partial charge on any atom is -0.292 e. The van der Waals surface area contributed by atoms with Crippen LogP contribution in [0.3, 0.4) is 0 Å². The third-order valence-corrected chi connectivity index (χ3v) is 13.6. The topological polar surface area (TPSA) is 74.2 Å². The lowest BCUT2D eigenvalue weighted by Gasteiger charge is -2.43. The summed E-state index contributed by atoms with van der Waals surface area (Å²) in [5, 5.41) is 0. The summed E-state index contributed by atoms with van der Waals surface area (Å²) >= 11 is 0. The van der Waals surface area contributed by atoms with E-state index < -0.39 is 0 Å². The van der Waals surface area contributed by atoms with Gasteiger partial charge in [0.05, 0.1) is 50.9 Å². The highest BCUT2D eigenvalue weighted by Gasteiger charge is 2.53. The Morgan fingerprint density at radius 3 is 1.47 bits per heavy atom. The maximum atomic E-state index is 5.03. The maximum absolute atomic E-state index is 5.03. The van der Waals surface area contributed by atoms with Gasteiger partial charge in [-0.15, -0.1) is 0 Å². The molecule has 3 aliphatic heterocycles. The van der Waals surface area contributed by atoms with Crippen molar-refractivity contribution in [1.82, 2.24) is 0 Å². The third kappa shape index (κ3) is 6.73. The maximum Gasteiger partial charge on any atom is 0.0666 e. The molecular weight excluding hydrogens is 552 g/mol. The van der Waals surface area contributed by atoms with Crippen molar-refractivity contribution in [3.63, 3.8) is 0 Å². The van der Waals surface area contributed by atoms with Crippen LogP contribution in [0.2, 0.25) is 0 Å². The predicted octanol–water partition coefficient (Wildman–Crippen LogP) is 9.78. The van der Waals surface area contributed by atoms with Crippen molar-refractivity contribution in [2.75, 3.05) is 21.1 Å². The van der Waals surface area contributed by atoms with Gasteiger partial charge in [-0.25, -0.2) is 0 Å². The van der Waals surface area contributed by atoms with Gasteiger partial charge in [0.25, 0.3) is 0 Å². The van der Waals surface area contributed by atoms with Crippen LogP contribution in [0.15, 0.2) is 30.0 Å². The molecule has 0 N–H and O–H groups in total. The zero-order valence-corrected chi connectivity index (χ0v) is 31.3. The molecule has 0 saturated heterocycles. The van der Waals surface area contributed by atoms with Crippen molar-refractivity contribution < 1.29 is 0 Å². The molecule has 0 aromatic carbocycles. The highest BCUT2D eigenvalue weighted by Crippen LogP contribution is 2.55. The number of hydrogen-bond donors (Lipinski definition) is 0. The molecule has 0 bridgehead atoms. The summed E-state index contributed by atoms with van der Waals surface area (Å²) in [5.41, 5.74) is 8.90. The molecule has 2 spiro atoms. The summed E-state index contributed by atoms with van der Waals surface area (Å²) < 4.78 is 0. The Labute approximate surface area is 276 Å². The average Bonchev–Trinajstić information content (AvgIpc) is 3.81. The van der Waals surface area contributed by atoms with E-state index in [1.54, 1.807) is 0 Å². The van der Waals surface area contributed by atoms with Crippen LogP contribution in [0.25, 0.3) is 0 Å². The standard InChI is InChI=1S/3C13H22N2/c1-10(14-4)11-9-12(2)7-5-6-8-13(12,3)15-11;1-10(14-4)11-9-13(7-5-6-8-13)12(2,3)15-11;1-10(14-4)11-9-12(2,3)13(15-11)7-5-6-8-13/h3*5-9H2,1-4H3. The molecule has 6 rings (SSSR count). The highest BCUT2D eigenvalue weighted by molar-refractivity contribution is 6.43. The van der Waals surface area contributed by atoms with Gasteiger partial charge >= 0.3 is 0 Å². The van der Waals surface area contributed by atoms with Crippen LogP contribution >= 0.6 is 0 Å². The van der Waals surface area contributed by atoms with Gasteiger partial charge in [0.1, 0.15) is 0 Å². The number of fused-ring (bicyclic) bond motifs is 1. The zero-order chi connectivity index (χ0) is 33.3. The first-order chi connectivity index (χ1) is 21.0. The van der Waals surface area contributed by atoms with Crippen LogP contribution in [-0.2, 0) is 0 Å². The minimum atomic E-state index is 0.130. The van der Waals surface area contributed by atoms with E-state index in [1.165, 1.54) is 94.2 Å². The van der Waals surface area contributed by atoms with Crippen molar-refractivity contribution >= 4 is 34.3 Å². The molecule has 2 unspecified atom stereocenters. The fraction of sp³-hybridized carbons (Fsp3) is 0.846. The van der Waals surface area contributed by atoms with Crippen LogP contribution in [-0.4, -0.2) is 72.0 Å². The fourth-order valence-corrected chi connectivity index (χ4v) is 9.40. The summed E-state index contributed by atoms with van der Waals surface area (Å²) in [6.45, 7) is 20.3. The largest absolute Gasteiger partial charge is 0.292 e. The van der Waals surface area contributed by atoms with Gasteiger partial charge in [-0.2, -0.15) is 0 Å². The van der Waals surface area contributed by atoms with Crippen molar-refractivity contribution in [2.24, 2.45) is 46.2 Å². The van der Waals surface area contributed by atoms with Crippen molar-refractivity contribution in [2.45, 2.75) is 175 Å². The lowest BCUT2D eigenvalue weighted by Crippen LogP contribution is -2.41. The normalized spacial score (nSPS) is 32.8. The average molecular weight is 619 g/mol. The van der Waals surface area contributed by atoms with E-state index in [9.17, 15) is 0 Å². The highest BCUT2D eigenvalue weighted by atomic mass is 15.0. The molecule has 0 aromatic heterocycles. The molecule has 0 aromatic rings. The lowest BCUT2D eigenvalue weighted by atomic mass is 9.63. The van der Waals surface area contributed by atoms with E-state index in [-0.39, 0.29) is 16.6 Å². The molecule has 0 radical (unpaired) electrons. The first-order valence-corrected chi connectivity index (χ1v) is 18.1. The summed E-state index contributed by atoms with van der Waals surface area (Å²) in [6.07, 6.45) is 19.4. The third-order valence-electron chi connectivity index (χ3n) is 13.6. The number of rotatable bonds is 3. The molecule has 0 amide bonds. The number of nitrogens with zero attached hydrogens (tertiary/aromatic N) is 6. The first kappa shape index (κ1) is 35.9. The van der Waals surface area contributed by atoms with Crippen LogP contribution < -0.4 is 0 Å². The van der Waals surface area contributed by atoms with Crippen molar-refractivity contribution in [3.05, 3.63) is 0 Å². The fourth-order valence-electron chi connectivity index (χ4n) is 9.40. The Balaban J connectivity index is 0.000000154. The van der Waals surface area contributed by atoms with Gasteiger partial charge < -0.3 is 0 Å². The Kier molecular flexibility index (Phi) is 10.6. The van der Waals surface area contributed by atoms with Gasteiger partial charge in [-0.3, -0.25) is 30.0 Å². The van der Waals surface area contributed by atoms with Gasteiger partial charge in [0.2, 0.25) is 0 Å². The molecule has 6 nitrogen and oxygen atoms in total. The summed E-state index contributed by atoms with van der Waals surface area (Å²) in [7, 11) is 5.60. The second-order valence-electron chi connectivity index (χ2n) is 16.8. The van der Waals surface area contributed by atoms with Crippen LogP contribution in [0.5, 0.6) is 0 Å². The molecule has 2 atom stereocenters. The van der Waals surface area contributed by atoms with Gasteiger partial charge in [0.15, 0.2) is 0 Å². The molecule has 3 saturated carbocycles. The molecule has 3 aliphatic carbocycles. The van der Waals surface area contributed by atoms with E-state index in [2.05, 4.69) is 77.3 Å². The predicted molar refractivity (Wildman–Crippen MR) is 198 cm³/mol. The Morgan fingerprint density at radius 1 is 0.511 bits per heavy atom. The monoisotopic (exact) mass is 619 g/mol. The molecule has 6 aliphatic rings. The van der Waals surface area contributed by atoms with Crippen LogP contribution in [0.1, 0.15) is 159 Å². The smallest absolute Gasteiger partial charge is 0.0666 e.